The number of carbonyl (C=O) groups excluding carboxylic acids is 2. The van der Waals surface area contributed by atoms with Crippen molar-refractivity contribution in [3.63, 3.8) is 0 Å². The number of nitrogens with one attached hydrogen (secondary N) is 1. The van der Waals surface area contributed by atoms with Crippen LogP contribution in [0.5, 0.6) is 0 Å². The van der Waals surface area contributed by atoms with E-state index in [4.69, 9.17) is 11.6 Å². The Bertz CT molecular complexity index is 1110. The van der Waals surface area contributed by atoms with Crippen molar-refractivity contribution in [2.45, 2.75) is 13.5 Å². The van der Waals surface area contributed by atoms with Gasteiger partial charge in [0.2, 0.25) is 11.8 Å². The minimum atomic E-state index is -0.386. The summed E-state index contributed by atoms with van der Waals surface area (Å²) in [6, 6.07) is 12.2. The van der Waals surface area contributed by atoms with E-state index in [0.717, 1.165) is 5.56 Å². The third kappa shape index (κ3) is 4.20. The average Bonchev–Trinajstić information content (AvgIpc) is 2.66. The Morgan fingerprint density at radius 2 is 1.93 bits per heavy atom. The molecule has 3 rings (SSSR count). The summed E-state index contributed by atoms with van der Waals surface area (Å²) in [5.41, 5.74) is 1.68. The van der Waals surface area contributed by atoms with Gasteiger partial charge in [-0.3, -0.25) is 19.0 Å². The minimum absolute atomic E-state index is 0.168. The van der Waals surface area contributed by atoms with Crippen LogP contribution in [0.2, 0.25) is 5.02 Å². The second-order valence-electron chi connectivity index (χ2n) is 6.43. The molecular weight excluding hydrogens is 380 g/mol. The highest BCUT2D eigenvalue weighted by molar-refractivity contribution is 6.33. The van der Waals surface area contributed by atoms with Crippen LogP contribution in [0.1, 0.15) is 5.56 Å². The van der Waals surface area contributed by atoms with Gasteiger partial charge in [-0.05, 0) is 30.7 Å². The lowest BCUT2D eigenvalue weighted by atomic mass is 10.1. The smallest absolute Gasteiger partial charge is 0.261 e. The number of hydrogen-bond donors (Lipinski definition) is 1. The second-order valence-corrected chi connectivity index (χ2v) is 6.83. The van der Waals surface area contributed by atoms with E-state index in [-0.39, 0.29) is 30.5 Å². The first kappa shape index (κ1) is 19.6. The lowest BCUT2D eigenvalue weighted by molar-refractivity contribution is -0.133. The van der Waals surface area contributed by atoms with Crippen LogP contribution in [0.4, 0.5) is 5.69 Å². The van der Waals surface area contributed by atoms with Crippen LogP contribution in [0.25, 0.3) is 10.9 Å². The SMILES string of the molecule is Cc1cccc2c(=O)n(CC(=O)N(C)CC(=O)Nc3ccccc3Cl)cnc12. The van der Waals surface area contributed by atoms with Crippen LogP contribution in [0.15, 0.2) is 53.6 Å². The first-order valence-electron chi connectivity index (χ1n) is 8.60. The Morgan fingerprint density at radius 1 is 1.18 bits per heavy atom. The summed E-state index contributed by atoms with van der Waals surface area (Å²) in [6.45, 7) is 1.50. The van der Waals surface area contributed by atoms with Gasteiger partial charge in [-0.15, -0.1) is 0 Å². The normalized spacial score (nSPS) is 10.7. The average molecular weight is 399 g/mol. The van der Waals surface area contributed by atoms with Crippen LogP contribution < -0.4 is 10.9 Å². The standard InChI is InChI=1S/C20H19ClN4O3/c1-13-6-5-7-14-19(13)22-12-25(20(14)28)11-18(27)24(2)10-17(26)23-16-9-4-3-8-15(16)21/h3-9,12H,10-11H2,1-2H3,(H,23,26). The van der Waals surface area contributed by atoms with E-state index in [1.54, 1.807) is 36.4 Å². The fraction of sp³-hybridized carbons (Fsp3) is 0.200. The van der Waals surface area contributed by atoms with E-state index in [2.05, 4.69) is 10.3 Å². The van der Waals surface area contributed by atoms with E-state index >= 15 is 0 Å². The zero-order chi connectivity index (χ0) is 20.3. The van der Waals surface area contributed by atoms with Gasteiger partial charge in [0.1, 0.15) is 6.54 Å². The number of rotatable bonds is 5. The maximum atomic E-state index is 12.6. The number of amides is 2. The molecule has 28 heavy (non-hydrogen) atoms. The lowest BCUT2D eigenvalue weighted by Gasteiger charge is -2.18. The monoisotopic (exact) mass is 398 g/mol. The van der Waals surface area contributed by atoms with Gasteiger partial charge in [0.15, 0.2) is 0 Å². The van der Waals surface area contributed by atoms with Gasteiger partial charge < -0.3 is 10.2 Å². The van der Waals surface area contributed by atoms with Gasteiger partial charge in [0, 0.05) is 7.05 Å². The summed E-state index contributed by atoms with van der Waals surface area (Å²) >= 11 is 6.01. The Hall–Kier alpha value is -3.19. The molecule has 1 heterocycles. The molecule has 0 spiro atoms. The molecule has 2 aromatic carbocycles. The molecule has 1 N–H and O–H groups in total. The van der Waals surface area contributed by atoms with Crippen molar-refractivity contribution in [3.05, 3.63) is 69.7 Å². The zero-order valence-corrected chi connectivity index (χ0v) is 16.2. The summed E-state index contributed by atoms with van der Waals surface area (Å²) in [7, 11) is 1.50. The molecule has 0 aliphatic rings. The van der Waals surface area contributed by atoms with Crippen molar-refractivity contribution in [2.75, 3.05) is 18.9 Å². The largest absolute Gasteiger partial charge is 0.335 e. The molecule has 0 radical (unpaired) electrons. The van der Waals surface area contributed by atoms with E-state index in [1.165, 1.54) is 22.8 Å². The predicted octanol–water partition coefficient (Wildman–Crippen LogP) is 2.46. The molecule has 0 saturated carbocycles. The predicted molar refractivity (Wildman–Crippen MR) is 108 cm³/mol. The molecule has 0 atom stereocenters. The number of para-hydroxylation sites is 2. The number of aryl methyl sites for hydroxylation is 1. The van der Waals surface area contributed by atoms with Crippen LogP contribution in [-0.2, 0) is 16.1 Å². The summed E-state index contributed by atoms with van der Waals surface area (Å²) in [5, 5.41) is 3.52. The van der Waals surface area contributed by atoms with Gasteiger partial charge >= 0.3 is 0 Å². The van der Waals surface area contributed by atoms with E-state index in [9.17, 15) is 14.4 Å². The van der Waals surface area contributed by atoms with Crippen molar-refractivity contribution in [1.29, 1.82) is 0 Å². The van der Waals surface area contributed by atoms with Crippen LogP contribution in [0.3, 0.4) is 0 Å². The van der Waals surface area contributed by atoms with Crippen LogP contribution in [0, 0.1) is 6.92 Å². The number of hydrogen-bond acceptors (Lipinski definition) is 4. The summed E-state index contributed by atoms with van der Waals surface area (Å²) in [5.74, 6) is -0.770. The Labute approximate surface area is 166 Å². The molecule has 3 aromatic rings. The van der Waals surface area contributed by atoms with Crippen LogP contribution >= 0.6 is 11.6 Å². The number of halogens is 1. The number of nitrogens with zero attached hydrogens (tertiary/aromatic N) is 3. The number of carbonyl (C=O) groups is 2. The first-order valence-corrected chi connectivity index (χ1v) is 8.97. The molecule has 0 saturated heterocycles. The molecular formula is C20H19ClN4O3. The Morgan fingerprint density at radius 3 is 2.68 bits per heavy atom. The summed E-state index contributed by atoms with van der Waals surface area (Å²) < 4.78 is 1.24. The van der Waals surface area contributed by atoms with E-state index in [0.29, 0.717) is 21.6 Å². The Balaban J connectivity index is 1.68. The van der Waals surface area contributed by atoms with E-state index < -0.39 is 0 Å². The fourth-order valence-electron chi connectivity index (χ4n) is 2.77. The highest BCUT2D eigenvalue weighted by Crippen LogP contribution is 2.20. The summed E-state index contributed by atoms with van der Waals surface area (Å²) in [6.07, 6.45) is 1.35. The maximum absolute atomic E-state index is 12.6. The molecule has 0 aliphatic heterocycles. The lowest BCUT2D eigenvalue weighted by Crippen LogP contribution is -2.38. The topological polar surface area (TPSA) is 84.3 Å². The minimum Gasteiger partial charge on any atom is -0.335 e. The molecule has 144 valence electrons. The van der Waals surface area contributed by atoms with Gasteiger partial charge in [0.25, 0.3) is 5.56 Å². The number of fused-ring (bicyclic) bond motifs is 1. The molecule has 8 heteroatoms. The second kappa shape index (κ2) is 8.22. The first-order chi connectivity index (χ1) is 13.4. The third-order valence-electron chi connectivity index (χ3n) is 4.32. The third-order valence-corrected chi connectivity index (χ3v) is 4.64. The maximum Gasteiger partial charge on any atom is 0.261 e. The van der Waals surface area contributed by atoms with Gasteiger partial charge in [-0.1, -0.05) is 35.9 Å². The quantitative estimate of drug-likeness (QED) is 0.715. The van der Waals surface area contributed by atoms with E-state index in [1.807, 2.05) is 13.0 Å². The number of aromatic nitrogens is 2. The van der Waals surface area contributed by atoms with Crippen molar-refractivity contribution in [1.82, 2.24) is 14.5 Å². The van der Waals surface area contributed by atoms with Crippen molar-refractivity contribution >= 4 is 40.0 Å². The fourth-order valence-corrected chi connectivity index (χ4v) is 2.96. The molecule has 0 bridgehead atoms. The number of anilines is 1. The summed E-state index contributed by atoms with van der Waals surface area (Å²) in [4.78, 5) is 42.7. The highest BCUT2D eigenvalue weighted by Gasteiger charge is 2.16. The molecule has 0 unspecified atom stereocenters. The number of benzene rings is 2. The Kier molecular flexibility index (Phi) is 5.75. The van der Waals surface area contributed by atoms with Gasteiger partial charge in [-0.2, -0.15) is 0 Å². The molecule has 7 nitrogen and oxygen atoms in total. The van der Waals surface area contributed by atoms with Crippen molar-refractivity contribution < 1.29 is 9.59 Å². The molecule has 0 fully saturated rings. The number of likely N-dealkylation sites (N-methyl/N-ethyl adjacent to an activating group) is 1. The molecule has 0 aliphatic carbocycles. The highest BCUT2D eigenvalue weighted by atomic mass is 35.5. The molecule has 2 amide bonds. The van der Waals surface area contributed by atoms with Crippen molar-refractivity contribution in [3.8, 4) is 0 Å². The van der Waals surface area contributed by atoms with Gasteiger partial charge in [0.05, 0.1) is 34.5 Å². The zero-order valence-electron chi connectivity index (χ0n) is 15.5. The van der Waals surface area contributed by atoms with Crippen molar-refractivity contribution in [2.24, 2.45) is 0 Å². The van der Waals surface area contributed by atoms with Crippen LogP contribution in [-0.4, -0.2) is 39.9 Å². The molecule has 1 aromatic heterocycles. The van der Waals surface area contributed by atoms with Gasteiger partial charge in [-0.25, -0.2) is 4.98 Å².